The number of benzene rings is 1. The third kappa shape index (κ3) is 2.38. The molecule has 1 fully saturated rings. The van der Waals surface area contributed by atoms with E-state index in [0.29, 0.717) is 12.1 Å². The lowest BCUT2D eigenvalue weighted by atomic mass is 10.1. The Morgan fingerprint density at radius 1 is 1.25 bits per heavy atom. The average Bonchev–Trinajstić information content (AvgIpc) is 2.69. The van der Waals surface area contributed by atoms with E-state index in [2.05, 4.69) is 43.0 Å². The van der Waals surface area contributed by atoms with E-state index in [1.807, 2.05) is 0 Å². The Labute approximate surface area is 98.4 Å². The molecule has 1 aromatic rings. The van der Waals surface area contributed by atoms with Gasteiger partial charge in [0.1, 0.15) is 0 Å². The van der Waals surface area contributed by atoms with Crippen molar-refractivity contribution in [1.29, 1.82) is 0 Å². The minimum Gasteiger partial charge on any atom is -0.369 e. The van der Waals surface area contributed by atoms with Crippen LogP contribution in [-0.2, 0) is 0 Å². The summed E-state index contributed by atoms with van der Waals surface area (Å²) in [6, 6.07) is 9.87. The van der Waals surface area contributed by atoms with Gasteiger partial charge in [-0.15, -0.1) is 0 Å². The summed E-state index contributed by atoms with van der Waals surface area (Å²) in [5.74, 6) is 0. The molecule has 0 bridgehead atoms. The lowest BCUT2D eigenvalue weighted by Gasteiger charge is -2.30. The molecule has 16 heavy (non-hydrogen) atoms. The van der Waals surface area contributed by atoms with Gasteiger partial charge in [0.25, 0.3) is 0 Å². The largest absolute Gasteiger partial charge is 0.369 e. The molecule has 2 atom stereocenters. The molecule has 1 saturated carbocycles. The van der Waals surface area contributed by atoms with Gasteiger partial charge in [0.15, 0.2) is 0 Å². The summed E-state index contributed by atoms with van der Waals surface area (Å²) in [5, 5.41) is 0. The molecule has 2 heteroatoms. The molecule has 0 radical (unpaired) electrons. The minimum absolute atomic E-state index is 0.407. The van der Waals surface area contributed by atoms with Gasteiger partial charge in [0, 0.05) is 24.3 Å². The second-order valence-electron chi connectivity index (χ2n) is 4.85. The predicted octanol–water partition coefficient (Wildman–Crippen LogP) is 2.70. The van der Waals surface area contributed by atoms with Crippen LogP contribution in [0.15, 0.2) is 24.3 Å². The Balaban J connectivity index is 2.13. The van der Waals surface area contributed by atoms with Crippen molar-refractivity contribution in [1.82, 2.24) is 0 Å². The van der Waals surface area contributed by atoms with Gasteiger partial charge >= 0.3 is 0 Å². The van der Waals surface area contributed by atoms with Crippen LogP contribution in [0, 0.1) is 6.92 Å². The van der Waals surface area contributed by atoms with Crippen LogP contribution in [0.4, 0.5) is 5.69 Å². The highest BCUT2D eigenvalue weighted by molar-refractivity contribution is 5.48. The fourth-order valence-electron chi connectivity index (χ4n) is 2.66. The molecule has 0 saturated heterocycles. The second kappa shape index (κ2) is 4.88. The van der Waals surface area contributed by atoms with Crippen LogP contribution >= 0.6 is 0 Å². The molecule has 2 unspecified atom stereocenters. The van der Waals surface area contributed by atoms with Gasteiger partial charge in [-0.1, -0.05) is 17.7 Å². The zero-order valence-electron chi connectivity index (χ0n) is 10.3. The normalized spacial score (nSPS) is 24.7. The topological polar surface area (TPSA) is 29.3 Å². The van der Waals surface area contributed by atoms with E-state index in [9.17, 15) is 0 Å². The molecule has 0 spiro atoms. The first-order chi connectivity index (χ1) is 7.70. The highest BCUT2D eigenvalue weighted by atomic mass is 15.2. The highest BCUT2D eigenvalue weighted by Crippen LogP contribution is 2.27. The maximum absolute atomic E-state index is 5.99. The van der Waals surface area contributed by atoms with Gasteiger partial charge < -0.3 is 10.6 Å². The van der Waals surface area contributed by atoms with E-state index in [1.54, 1.807) is 0 Å². The van der Waals surface area contributed by atoms with E-state index in [4.69, 9.17) is 5.73 Å². The molecular formula is C14H22N2. The summed E-state index contributed by atoms with van der Waals surface area (Å²) in [6.45, 7) is 5.43. The van der Waals surface area contributed by atoms with E-state index in [-0.39, 0.29) is 0 Å². The third-order valence-corrected chi connectivity index (χ3v) is 3.59. The lowest BCUT2D eigenvalue weighted by Crippen LogP contribution is -2.34. The second-order valence-corrected chi connectivity index (χ2v) is 4.85. The first-order valence-electron chi connectivity index (χ1n) is 6.29. The van der Waals surface area contributed by atoms with Crippen molar-refractivity contribution in [2.24, 2.45) is 5.73 Å². The van der Waals surface area contributed by atoms with Crippen molar-refractivity contribution in [2.45, 2.75) is 45.2 Å². The Morgan fingerprint density at radius 2 is 1.94 bits per heavy atom. The third-order valence-electron chi connectivity index (χ3n) is 3.59. The Hall–Kier alpha value is -1.02. The number of hydrogen-bond donors (Lipinski definition) is 1. The van der Waals surface area contributed by atoms with Gasteiger partial charge in [-0.25, -0.2) is 0 Å². The minimum atomic E-state index is 0.407. The van der Waals surface area contributed by atoms with E-state index in [1.165, 1.54) is 24.1 Å². The molecule has 0 aromatic heterocycles. The fraction of sp³-hybridized carbons (Fsp3) is 0.571. The van der Waals surface area contributed by atoms with Crippen molar-refractivity contribution >= 4 is 5.69 Å². The smallest absolute Gasteiger partial charge is 0.0368 e. The molecule has 1 aliphatic rings. The first kappa shape index (κ1) is 11.5. The highest BCUT2D eigenvalue weighted by Gasteiger charge is 2.26. The molecule has 0 amide bonds. The number of hydrogen-bond acceptors (Lipinski definition) is 2. The van der Waals surface area contributed by atoms with Crippen LogP contribution in [0.5, 0.6) is 0 Å². The van der Waals surface area contributed by atoms with Gasteiger partial charge in [0.05, 0.1) is 0 Å². The fourth-order valence-corrected chi connectivity index (χ4v) is 2.66. The van der Waals surface area contributed by atoms with Crippen LogP contribution in [0.25, 0.3) is 0 Å². The molecule has 1 aliphatic carbocycles. The summed E-state index contributed by atoms with van der Waals surface area (Å²) in [4.78, 5) is 2.49. The average molecular weight is 218 g/mol. The standard InChI is InChI=1S/C14H22N2/c1-3-16(14-9-6-12(15)10-14)13-7-4-11(2)5-8-13/h4-5,7-8,12,14H,3,6,9-10,15H2,1-2H3. The van der Waals surface area contributed by atoms with Crippen LogP contribution in [-0.4, -0.2) is 18.6 Å². The predicted molar refractivity (Wildman–Crippen MR) is 69.8 cm³/mol. The van der Waals surface area contributed by atoms with Crippen molar-refractivity contribution < 1.29 is 0 Å². The molecule has 1 aromatic carbocycles. The summed E-state index contributed by atoms with van der Waals surface area (Å²) < 4.78 is 0. The Morgan fingerprint density at radius 3 is 2.44 bits per heavy atom. The number of anilines is 1. The van der Waals surface area contributed by atoms with E-state index < -0.39 is 0 Å². The van der Waals surface area contributed by atoms with Crippen LogP contribution in [0.2, 0.25) is 0 Å². The van der Waals surface area contributed by atoms with Crippen LogP contribution in [0.1, 0.15) is 31.7 Å². The molecule has 88 valence electrons. The van der Waals surface area contributed by atoms with Crippen molar-refractivity contribution in [3.8, 4) is 0 Å². The van der Waals surface area contributed by atoms with Crippen LogP contribution in [0.3, 0.4) is 0 Å². The summed E-state index contributed by atoms with van der Waals surface area (Å²) in [7, 11) is 0. The first-order valence-corrected chi connectivity index (χ1v) is 6.29. The van der Waals surface area contributed by atoms with Gasteiger partial charge in [-0.2, -0.15) is 0 Å². The van der Waals surface area contributed by atoms with Crippen LogP contribution < -0.4 is 10.6 Å². The summed E-state index contributed by atoms with van der Waals surface area (Å²) in [5.41, 5.74) is 8.66. The zero-order valence-corrected chi connectivity index (χ0v) is 10.3. The molecule has 0 aliphatic heterocycles. The number of nitrogens with zero attached hydrogens (tertiary/aromatic N) is 1. The zero-order chi connectivity index (χ0) is 11.5. The Kier molecular flexibility index (Phi) is 3.49. The maximum atomic E-state index is 5.99. The molecule has 2 nitrogen and oxygen atoms in total. The monoisotopic (exact) mass is 218 g/mol. The number of rotatable bonds is 3. The van der Waals surface area contributed by atoms with E-state index in [0.717, 1.165) is 13.0 Å². The molecular weight excluding hydrogens is 196 g/mol. The summed E-state index contributed by atoms with van der Waals surface area (Å²) in [6.07, 6.45) is 3.55. The maximum Gasteiger partial charge on any atom is 0.0368 e. The number of nitrogens with two attached hydrogens (primary N) is 1. The SMILES string of the molecule is CCN(c1ccc(C)cc1)C1CCC(N)C1. The Bertz CT molecular complexity index is 331. The van der Waals surface area contributed by atoms with E-state index >= 15 is 0 Å². The number of aryl methyl sites for hydroxylation is 1. The van der Waals surface area contributed by atoms with Gasteiger partial charge in [-0.05, 0) is 45.2 Å². The van der Waals surface area contributed by atoms with Crippen molar-refractivity contribution in [3.63, 3.8) is 0 Å². The lowest BCUT2D eigenvalue weighted by molar-refractivity contribution is 0.605. The quantitative estimate of drug-likeness (QED) is 0.845. The van der Waals surface area contributed by atoms with Crippen molar-refractivity contribution in [2.75, 3.05) is 11.4 Å². The molecule has 2 N–H and O–H groups in total. The molecule has 0 heterocycles. The van der Waals surface area contributed by atoms with Crippen molar-refractivity contribution in [3.05, 3.63) is 29.8 Å². The van der Waals surface area contributed by atoms with Gasteiger partial charge in [0.2, 0.25) is 0 Å². The molecule has 2 rings (SSSR count). The summed E-state index contributed by atoms with van der Waals surface area (Å²) >= 11 is 0. The van der Waals surface area contributed by atoms with Gasteiger partial charge in [-0.3, -0.25) is 0 Å².